The molecule has 1 aromatic heterocycles. The van der Waals surface area contributed by atoms with Crippen LogP contribution in [0.4, 0.5) is 10.5 Å². The summed E-state index contributed by atoms with van der Waals surface area (Å²) in [6.07, 6.45) is 0. The predicted octanol–water partition coefficient (Wildman–Crippen LogP) is 4.34. The number of ether oxygens (including phenoxy) is 1. The molecule has 1 aromatic carbocycles. The van der Waals surface area contributed by atoms with Gasteiger partial charge in [0.25, 0.3) is 5.19 Å². The van der Waals surface area contributed by atoms with Crippen LogP contribution in [-0.2, 0) is 0 Å². The molecule has 8 heteroatoms. The second-order valence-corrected chi connectivity index (χ2v) is 5.92. The van der Waals surface area contributed by atoms with Crippen molar-refractivity contribution in [3.8, 4) is 10.9 Å². The van der Waals surface area contributed by atoms with Crippen LogP contribution in [-0.4, -0.2) is 30.0 Å². The largest absolute Gasteiger partial charge is 0.431 e. The summed E-state index contributed by atoms with van der Waals surface area (Å²) in [5, 5.41) is 3.31. The fraction of sp³-hybridized carbons (Fsp3) is 0.167. The second kappa shape index (κ2) is 6.30. The van der Waals surface area contributed by atoms with Gasteiger partial charge in [-0.25, -0.2) is 4.79 Å². The Hall–Kier alpha value is -1.50. The quantitative estimate of drug-likeness (QED) is 0.910. The van der Waals surface area contributed by atoms with E-state index in [4.69, 9.17) is 27.9 Å². The minimum absolute atomic E-state index is 0.197. The summed E-state index contributed by atoms with van der Waals surface area (Å²) in [7, 11) is 3.34. The zero-order chi connectivity index (χ0) is 14.7. The van der Waals surface area contributed by atoms with E-state index in [2.05, 4.69) is 10.3 Å². The molecule has 2 aromatic rings. The molecular weight excluding hydrogens is 321 g/mol. The number of aromatic nitrogens is 1. The molecule has 2 amide bonds. The molecule has 2 rings (SSSR count). The molecule has 0 radical (unpaired) electrons. The van der Waals surface area contributed by atoms with Crippen LogP contribution in [0.3, 0.4) is 0 Å². The molecule has 5 nitrogen and oxygen atoms in total. The molecule has 0 unspecified atom stereocenters. The van der Waals surface area contributed by atoms with Crippen LogP contribution in [0.15, 0.2) is 24.3 Å². The molecule has 0 saturated heterocycles. The Morgan fingerprint density at radius 1 is 1.30 bits per heavy atom. The zero-order valence-electron chi connectivity index (χ0n) is 10.7. The van der Waals surface area contributed by atoms with Gasteiger partial charge < -0.3 is 15.0 Å². The number of nitrogens with one attached hydrogen (secondary N) is 1. The first-order valence-electron chi connectivity index (χ1n) is 5.54. The fourth-order valence-corrected chi connectivity index (χ4v) is 2.29. The number of carbonyl (C=O) groups is 1. The van der Waals surface area contributed by atoms with Crippen LogP contribution >= 0.6 is 34.5 Å². The van der Waals surface area contributed by atoms with Crippen LogP contribution in [0, 0.1) is 0 Å². The van der Waals surface area contributed by atoms with Crippen molar-refractivity contribution in [1.82, 2.24) is 9.88 Å². The molecule has 106 valence electrons. The van der Waals surface area contributed by atoms with Crippen molar-refractivity contribution in [3.05, 3.63) is 33.8 Å². The van der Waals surface area contributed by atoms with Crippen molar-refractivity contribution in [1.29, 1.82) is 0 Å². The third kappa shape index (κ3) is 3.75. The highest BCUT2D eigenvalue weighted by molar-refractivity contribution is 7.18. The maximum atomic E-state index is 11.5. The van der Waals surface area contributed by atoms with E-state index < -0.39 is 0 Å². The highest BCUT2D eigenvalue weighted by Crippen LogP contribution is 2.35. The van der Waals surface area contributed by atoms with E-state index >= 15 is 0 Å². The van der Waals surface area contributed by atoms with Crippen LogP contribution in [0.5, 0.6) is 10.9 Å². The molecule has 1 N–H and O–H groups in total. The smallest absolute Gasteiger partial charge is 0.321 e. The number of thiazole rings is 1. The van der Waals surface area contributed by atoms with Crippen molar-refractivity contribution >= 4 is 46.3 Å². The standard InChI is InChI=1S/C12H11Cl2N3O2S/c1-17(2)11(18)15-7-3-5-8(6-4-7)19-12-16-9(13)10(14)20-12/h3-6H,1-2H3,(H,15,18). The summed E-state index contributed by atoms with van der Waals surface area (Å²) in [6.45, 7) is 0. The van der Waals surface area contributed by atoms with Gasteiger partial charge in [-0.3, -0.25) is 0 Å². The molecule has 0 fully saturated rings. The number of hydrogen-bond acceptors (Lipinski definition) is 4. The molecule has 20 heavy (non-hydrogen) atoms. The minimum Gasteiger partial charge on any atom is -0.431 e. The third-order valence-electron chi connectivity index (χ3n) is 2.25. The number of carbonyl (C=O) groups excluding carboxylic acids is 1. The van der Waals surface area contributed by atoms with Crippen molar-refractivity contribution in [3.63, 3.8) is 0 Å². The summed E-state index contributed by atoms with van der Waals surface area (Å²) in [4.78, 5) is 16.9. The number of rotatable bonds is 3. The first-order valence-corrected chi connectivity index (χ1v) is 7.11. The molecule has 0 saturated carbocycles. The molecule has 0 bridgehead atoms. The van der Waals surface area contributed by atoms with Gasteiger partial charge in [0.15, 0.2) is 5.15 Å². The number of anilines is 1. The average Bonchev–Trinajstić information content (AvgIpc) is 2.70. The lowest BCUT2D eigenvalue weighted by atomic mass is 10.3. The lowest BCUT2D eigenvalue weighted by Gasteiger charge is -2.12. The number of halogens is 2. The highest BCUT2D eigenvalue weighted by atomic mass is 35.5. The van der Waals surface area contributed by atoms with E-state index in [1.54, 1.807) is 38.4 Å². The fourth-order valence-electron chi connectivity index (χ4n) is 1.25. The maximum absolute atomic E-state index is 11.5. The van der Waals surface area contributed by atoms with Gasteiger partial charge in [0.2, 0.25) is 0 Å². The van der Waals surface area contributed by atoms with Crippen molar-refractivity contribution in [2.45, 2.75) is 0 Å². The number of hydrogen-bond donors (Lipinski definition) is 1. The van der Waals surface area contributed by atoms with Gasteiger partial charge >= 0.3 is 6.03 Å². The normalized spacial score (nSPS) is 10.2. The highest BCUT2D eigenvalue weighted by Gasteiger charge is 2.09. The molecule has 0 aliphatic carbocycles. The Bertz CT molecular complexity index is 594. The van der Waals surface area contributed by atoms with Gasteiger partial charge in [0.05, 0.1) is 0 Å². The van der Waals surface area contributed by atoms with Gasteiger partial charge in [-0.05, 0) is 24.3 Å². The van der Waals surface area contributed by atoms with Gasteiger partial charge in [-0.15, -0.1) is 0 Å². The van der Waals surface area contributed by atoms with E-state index in [-0.39, 0.29) is 11.2 Å². The van der Waals surface area contributed by atoms with E-state index in [1.807, 2.05) is 0 Å². The Labute approximate surface area is 130 Å². The van der Waals surface area contributed by atoms with Crippen molar-refractivity contribution in [2.24, 2.45) is 0 Å². The lowest BCUT2D eigenvalue weighted by molar-refractivity contribution is 0.230. The lowest BCUT2D eigenvalue weighted by Crippen LogP contribution is -2.27. The number of nitrogens with zero attached hydrogens (tertiary/aromatic N) is 2. The third-order valence-corrected chi connectivity index (χ3v) is 3.86. The summed E-state index contributed by atoms with van der Waals surface area (Å²) < 4.78 is 5.89. The van der Waals surface area contributed by atoms with Gasteiger partial charge in [-0.1, -0.05) is 34.5 Å². The maximum Gasteiger partial charge on any atom is 0.321 e. The first kappa shape index (κ1) is 14.9. The number of benzene rings is 1. The molecule has 0 aliphatic heterocycles. The van der Waals surface area contributed by atoms with Crippen molar-refractivity contribution < 1.29 is 9.53 Å². The molecular formula is C12H11Cl2N3O2S. The van der Waals surface area contributed by atoms with Gasteiger partial charge in [-0.2, -0.15) is 4.98 Å². The molecule has 0 spiro atoms. The molecule has 1 heterocycles. The summed E-state index contributed by atoms with van der Waals surface area (Å²) in [5.74, 6) is 0.579. The van der Waals surface area contributed by atoms with Crippen LogP contribution in [0.25, 0.3) is 0 Å². The topological polar surface area (TPSA) is 54.5 Å². The van der Waals surface area contributed by atoms with E-state index in [1.165, 1.54) is 4.90 Å². The monoisotopic (exact) mass is 331 g/mol. The Morgan fingerprint density at radius 3 is 2.45 bits per heavy atom. The Kier molecular flexibility index (Phi) is 4.69. The van der Waals surface area contributed by atoms with Gasteiger partial charge in [0, 0.05) is 19.8 Å². The molecule has 0 aliphatic rings. The first-order chi connectivity index (χ1) is 9.45. The average molecular weight is 332 g/mol. The van der Waals surface area contributed by atoms with E-state index in [9.17, 15) is 4.79 Å². The SMILES string of the molecule is CN(C)C(=O)Nc1ccc(Oc2nc(Cl)c(Cl)s2)cc1. The minimum atomic E-state index is -0.197. The predicted molar refractivity (Wildman–Crippen MR) is 81.4 cm³/mol. The van der Waals surface area contributed by atoms with E-state index in [0.29, 0.717) is 21.0 Å². The Balaban J connectivity index is 2.03. The number of amides is 2. The summed E-state index contributed by atoms with van der Waals surface area (Å²) >= 11 is 12.7. The molecule has 0 atom stereocenters. The van der Waals surface area contributed by atoms with Crippen molar-refractivity contribution in [2.75, 3.05) is 19.4 Å². The second-order valence-electron chi connectivity index (χ2n) is 4.00. The number of urea groups is 1. The van der Waals surface area contributed by atoms with E-state index in [0.717, 1.165) is 11.3 Å². The Morgan fingerprint density at radius 2 is 1.95 bits per heavy atom. The summed E-state index contributed by atoms with van der Waals surface area (Å²) in [6, 6.07) is 6.70. The zero-order valence-corrected chi connectivity index (χ0v) is 13.0. The van der Waals surface area contributed by atoms with Crippen LogP contribution in [0.2, 0.25) is 9.49 Å². The van der Waals surface area contributed by atoms with Gasteiger partial charge in [0.1, 0.15) is 10.1 Å². The van der Waals surface area contributed by atoms with Crippen LogP contribution in [0.1, 0.15) is 0 Å². The summed E-state index contributed by atoms with van der Waals surface area (Å²) in [5.41, 5.74) is 0.672. The van der Waals surface area contributed by atoms with Crippen LogP contribution < -0.4 is 10.1 Å².